The van der Waals surface area contributed by atoms with Gasteiger partial charge in [-0.3, -0.25) is 19.4 Å². The minimum Gasteiger partial charge on any atom is -0.487 e. The van der Waals surface area contributed by atoms with Gasteiger partial charge in [0, 0.05) is 80.0 Å². The molecule has 11 heterocycles. The molecule has 3 saturated heterocycles. The number of rotatable bonds is 18. The number of likely N-dealkylation sites (tertiary alicyclic amines) is 3. The highest BCUT2D eigenvalue weighted by Gasteiger charge is 2.32. The number of benzene rings is 4. The first-order chi connectivity index (χ1) is 51.5. The number of carbonyl (C=O) groups excluding carboxylic acids is 3. The van der Waals surface area contributed by atoms with Gasteiger partial charge in [0.25, 0.3) is 0 Å². The molecule has 3 amide bonds. The number of carbonyl (C=O) groups is 3. The van der Waals surface area contributed by atoms with Gasteiger partial charge in [0.05, 0.1) is 45.0 Å². The molecule has 0 unspecified atom stereocenters. The van der Waals surface area contributed by atoms with Gasteiger partial charge in [-0.1, -0.05) is 67.7 Å². The number of pyridine rings is 2. The fourth-order valence-electron chi connectivity index (χ4n) is 13.1. The van der Waals surface area contributed by atoms with E-state index < -0.39 is 5.82 Å². The highest BCUT2D eigenvalue weighted by atomic mass is 35.5. The van der Waals surface area contributed by atoms with Gasteiger partial charge in [-0.25, -0.2) is 62.1 Å². The highest BCUT2D eigenvalue weighted by molar-refractivity contribution is 6.32. The van der Waals surface area contributed by atoms with Crippen LogP contribution < -0.4 is 31.4 Å². The Morgan fingerprint density at radius 3 is 1.45 bits per heavy atom. The molecule has 106 heavy (non-hydrogen) atoms. The summed E-state index contributed by atoms with van der Waals surface area (Å²) in [5, 5.41) is 16.6. The van der Waals surface area contributed by atoms with E-state index in [2.05, 4.69) is 59.6 Å². The van der Waals surface area contributed by atoms with Crippen molar-refractivity contribution in [2.24, 2.45) is 0 Å². The summed E-state index contributed by atoms with van der Waals surface area (Å²) in [5.41, 5.74) is 25.9. The van der Waals surface area contributed by atoms with E-state index in [4.69, 9.17) is 58.3 Å². The van der Waals surface area contributed by atoms with Crippen molar-refractivity contribution in [2.75, 3.05) is 56.5 Å². The summed E-state index contributed by atoms with van der Waals surface area (Å²) in [7, 11) is 0. The van der Waals surface area contributed by atoms with E-state index in [0.717, 1.165) is 44.1 Å². The van der Waals surface area contributed by atoms with Crippen molar-refractivity contribution in [3.8, 4) is 51.2 Å². The Hall–Kier alpha value is -12.7. The van der Waals surface area contributed by atoms with Crippen LogP contribution in [0, 0.1) is 17.5 Å². The number of hydrogen-bond donors (Lipinski definition) is 3. The summed E-state index contributed by atoms with van der Waals surface area (Å²) < 4.78 is 64.8. The van der Waals surface area contributed by atoms with Gasteiger partial charge in [-0.05, 0) is 135 Å². The van der Waals surface area contributed by atoms with Gasteiger partial charge < -0.3 is 46.1 Å². The Bertz CT molecular complexity index is 5260. The summed E-state index contributed by atoms with van der Waals surface area (Å²) in [6.07, 6.45) is 16.5. The molecule has 15 rings (SSSR count). The molecule has 3 atom stereocenters. The molecule has 0 radical (unpaired) electrons. The number of anilines is 3. The Labute approximate surface area is 610 Å². The third kappa shape index (κ3) is 15.8. The Morgan fingerprint density at radius 2 is 0.981 bits per heavy atom. The second kappa shape index (κ2) is 32.3. The van der Waals surface area contributed by atoms with Gasteiger partial charge in [0.1, 0.15) is 90.7 Å². The SMILES string of the molecule is C=CC(=O)N1CCC[C@@H](n2nc(-c3ccc(OCc4cccc(F)c4)nc3)c3c(N)ncnc32)C1.C=CC(=O)N1CCC[C@@H](n2nc(-c3ccc(OCc4ccccc4F)c(Cl)c3)c3c(N)ncnc32)C1.C=CC(=O)N1CCC[C@@H](n2nc(-c3ccc(OCc4ccccn4)c(F)c3)c3c(N)ncnc32)C1. The van der Waals surface area contributed by atoms with Crippen LogP contribution in [-0.2, 0) is 34.2 Å². The van der Waals surface area contributed by atoms with Crippen LogP contribution in [0.1, 0.15) is 73.5 Å². The molecule has 12 aromatic rings. The summed E-state index contributed by atoms with van der Waals surface area (Å²) in [5.74, 6) is 0.284. The lowest BCUT2D eigenvalue weighted by Gasteiger charge is -2.32. The molecule has 0 aliphatic carbocycles. The average molecular weight is 1450 g/mol. The monoisotopic (exact) mass is 1450 g/mol. The molecule has 8 aromatic heterocycles. The molecule has 6 N–H and O–H groups in total. The van der Waals surface area contributed by atoms with Crippen molar-refractivity contribution in [3.63, 3.8) is 0 Å². The lowest BCUT2D eigenvalue weighted by Crippen LogP contribution is -2.40. The molecule has 0 spiro atoms. The second-order valence-corrected chi connectivity index (χ2v) is 25.6. The largest absolute Gasteiger partial charge is 0.487 e. The fraction of sp³-hybridized carbons (Fsp3) is 0.237. The van der Waals surface area contributed by atoms with Crippen molar-refractivity contribution >= 4 is 79.9 Å². The first-order valence-corrected chi connectivity index (χ1v) is 34.4. The average Bonchev–Trinajstić information content (AvgIpc) is 1.62. The van der Waals surface area contributed by atoms with Crippen molar-refractivity contribution in [2.45, 2.75) is 76.5 Å². The van der Waals surface area contributed by atoms with Crippen LogP contribution in [0.4, 0.5) is 30.6 Å². The summed E-state index contributed by atoms with van der Waals surface area (Å²) in [6, 6.07) is 31.3. The lowest BCUT2D eigenvalue weighted by atomic mass is 10.1. The minimum absolute atomic E-state index is 0.0473. The van der Waals surface area contributed by atoms with E-state index in [9.17, 15) is 27.6 Å². The number of nitrogens with zero attached hydrogens (tertiary/aromatic N) is 17. The number of amides is 3. The zero-order valence-electron chi connectivity index (χ0n) is 57.3. The molecule has 26 nitrogen and oxygen atoms in total. The predicted octanol–water partition coefficient (Wildman–Crippen LogP) is 11.9. The molecule has 4 aromatic carbocycles. The minimum atomic E-state index is -0.531. The number of fused-ring (bicyclic) bond motifs is 3. The maximum absolute atomic E-state index is 15.0. The van der Waals surface area contributed by atoms with Crippen LogP contribution in [0.5, 0.6) is 17.4 Å². The Kier molecular flexibility index (Phi) is 21.9. The maximum atomic E-state index is 15.0. The molecule has 3 aliphatic heterocycles. The molecule has 3 aliphatic rings. The number of nitrogen functional groups attached to an aromatic ring is 3. The van der Waals surface area contributed by atoms with E-state index in [1.165, 1.54) is 61.5 Å². The Balaban J connectivity index is 0.000000141. The van der Waals surface area contributed by atoms with E-state index >= 15 is 0 Å². The van der Waals surface area contributed by atoms with Gasteiger partial charge in [0.2, 0.25) is 23.6 Å². The molecule has 0 bridgehead atoms. The van der Waals surface area contributed by atoms with Crippen molar-refractivity contribution in [3.05, 3.63) is 224 Å². The number of halogens is 4. The van der Waals surface area contributed by atoms with Crippen LogP contribution in [0.2, 0.25) is 5.02 Å². The topological polar surface area (TPSA) is 323 Å². The van der Waals surface area contributed by atoms with Crippen molar-refractivity contribution in [1.29, 1.82) is 0 Å². The number of piperidine rings is 3. The van der Waals surface area contributed by atoms with E-state index in [0.29, 0.717) is 146 Å². The zero-order chi connectivity index (χ0) is 74.0. The van der Waals surface area contributed by atoms with Crippen LogP contribution in [0.15, 0.2) is 185 Å². The third-order valence-corrected chi connectivity index (χ3v) is 18.7. The van der Waals surface area contributed by atoms with Crippen LogP contribution in [0.3, 0.4) is 0 Å². The lowest BCUT2D eigenvalue weighted by molar-refractivity contribution is -0.128. The van der Waals surface area contributed by atoms with Crippen LogP contribution in [-0.4, -0.2) is 141 Å². The molecule has 30 heteroatoms. The van der Waals surface area contributed by atoms with Crippen molar-refractivity contribution in [1.82, 2.24) is 83.9 Å². The molecular formula is C76H72ClF3N20O6. The van der Waals surface area contributed by atoms with E-state index in [-0.39, 0.29) is 78.9 Å². The number of ether oxygens (including phenoxy) is 3. The molecule has 3 fully saturated rings. The summed E-state index contributed by atoms with van der Waals surface area (Å²) >= 11 is 6.53. The smallest absolute Gasteiger partial charge is 0.246 e. The van der Waals surface area contributed by atoms with Crippen LogP contribution >= 0.6 is 11.6 Å². The number of aromatic nitrogens is 14. The first-order valence-electron chi connectivity index (χ1n) is 34.1. The van der Waals surface area contributed by atoms with Gasteiger partial charge in [-0.2, -0.15) is 15.3 Å². The zero-order valence-corrected chi connectivity index (χ0v) is 58.1. The number of nitrogens with two attached hydrogens (primary N) is 3. The highest BCUT2D eigenvalue weighted by Crippen LogP contribution is 2.40. The molecular weight excluding hydrogens is 1380 g/mol. The number of hydrogen-bond acceptors (Lipinski definition) is 20. The van der Waals surface area contributed by atoms with Gasteiger partial charge >= 0.3 is 0 Å². The second-order valence-electron chi connectivity index (χ2n) is 25.2. The summed E-state index contributed by atoms with van der Waals surface area (Å²) in [6.45, 7) is 14.7. The van der Waals surface area contributed by atoms with Crippen LogP contribution in [0.25, 0.3) is 66.9 Å². The van der Waals surface area contributed by atoms with Gasteiger partial charge in [-0.15, -0.1) is 0 Å². The third-order valence-electron chi connectivity index (χ3n) is 18.4. The normalized spacial score (nSPS) is 15.8. The molecule has 540 valence electrons. The maximum Gasteiger partial charge on any atom is 0.246 e. The van der Waals surface area contributed by atoms with Gasteiger partial charge in [0.15, 0.2) is 28.5 Å². The Morgan fingerprint density at radius 1 is 0.491 bits per heavy atom. The van der Waals surface area contributed by atoms with E-state index in [1.54, 1.807) is 98.5 Å². The standard InChI is InChI=1S/C26H24ClFN6O2.2C25H24FN7O2/c1-2-22(35)33-11-5-7-18(13-33)34-26-23(25(29)30-15-31-26)24(32-34)16-9-10-21(19(27)12-16)36-14-17-6-3-4-8-20(17)28;1-2-21(34)32-10-4-7-19(13-32)33-25-22(24(27)29-15-30-25)23(31-33)17-8-9-20(28-12-17)35-14-16-5-3-6-18(26)11-16;1-2-21(34)32-11-5-7-18(13-32)33-25-22(24(27)29-15-30-25)23(31-33)16-8-9-20(19(26)12-16)35-14-17-6-3-4-10-28-17/h2-4,6,8-10,12,15,18H,1,5,7,11,13-14H2,(H2,29,30,31);2-3,5-6,8-9,11-12,15,19H,1,4,7,10,13-14H2,(H2,27,29,30);2-4,6,8-10,12,15,18H,1,5,7,11,13-14H2,(H2,27,29,30)/t18-;19-;18-/m111/s1. The molecule has 0 saturated carbocycles. The first kappa shape index (κ1) is 71.7. The predicted molar refractivity (Wildman–Crippen MR) is 393 cm³/mol. The quantitative estimate of drug-likeness (QED) is 0.0672. The van der Waals surface area contributed by atoms with Crippen molar-refractivity contribution < 1.29 is 41.8 Å². The van der Waals surface area contributed by atoms with E-state index in [1.807, 2.05) is 33.6 Å². The fourth-order valence-corrected chi connectivity index (χ4v) is 13.4. The summed E-state index contributed by atoms with van der Waals surface area (Å²) in [4.78, 5) is 76.2.